The second-order valence-corrected chi connectivity index (χ2v) is 5.22. The van der Waals surface area contributed by atoms with E-state index < -0.39 is 0 Å². The summed E-state index contributed by atoms with van der Waals surface area (Å²) in [6.07, 6.45) is 2.22. The number of halogens is 1. The second-order valence-electron chi connectivity index (χ2n) is 4.31. The van der Waals surface area contributed by atoms with Crippen LogP contribution in [0.5, 0.6) is 0 Å². The van der Waals surface area contributed by atoms with Gasteiger partial charge in [-0.25, -0.2) is 0 Å². The molecule has 0 spiro atoms. The summed E-state index contributed by atoms with van der Waals surface area (Å²) in [4.78, 5) is 0. The topological polar surface area (TPSA) is 29.5 Å². The molecule has 0 radical (unpaired) electrons. The number of aryl methyl sites for hydroxylation is 1. The van der Waals surface area contributed by atoms with Gasteiger partial charge < -0.3 is 9.84 Å². The number of benzene rings is 1. The Kier molecular flexibility index (Phi) is 6.78. The van der Waals surface area contributed by atoms with E-state index in [1.54, 1.807) is 0 Å². The van der Waals surface area contributed by atoms with Crippen LogP contribution in [0.4, 0.5) is 0 Å². The van der Waals surface area contributed by atoms with Crippen molar-refractivity contribution in [1.29, 1.82) is 0 Å². The lowest BCUT2D eigenvalue weighted by Crippen LogP contribution is -2.14. The number of hydrogen-bond donors (Lipinski definition) is 1. The van der Waals surface area contributed by atoms with Crippen LogP contribution in [0.15, 0.2) is 22.7 Å². The quantitative estimate of drug-likeness (QED) is 0.779. The number of aliphatic hydroxyl groups excluding tert-OH is 1. The van der Waals surface area contributed by atoms with Gasteiger partial charge in [-0.2, -0.15) is 0 Å². The Bertz CT molecular complexity index is 339. The van der Waals surface area contributed by atoms with Crippen LogP contribution in [0.1, 0.15) is 36.8 Å². The van der Waals surface area contributed by atoms with Crippen molar-refractivity contribution in [2.24, 2.45) is 0 Å². The molecule has 96 valence electrons. The van der Waals surface area contributed by atoms with Crippen LogP contribution in [0.3, 0.4) is 0 Å². The summed E-state index contributed by atoms with van der Waals surface area (Å²) in [6, 6.07) is 6.14. The zero-order valence-corrected chi connectivity index (χ0v) is 12.2. The maximum atomic E-state index is 9.44. The van der Waals surface area contributed by atoms with Gasteiger partial charge >= 0.3 is 0 Å². The van der Waals surface area contributed by atoms with E-state index in [1.165, 1.54) is 11.1 Å². The number of ether oxygens (including phenoxy) is 1. The molecule has 1 atom stereocenters. The molecule has 0 aromatic heterocycles. The van der Waals surface area contributed by atoms with Crippen LogP contribution in [-0.4, -0.2) is 24.9 Å². The molecule has 0 heterocycles. The van der Waals surface area contributed by atoms with Crippen molar-refractivity contribution in [3.63, 3.8) is 0 Å². The molecule has 1 rings (SSSR count). The second kappa shape index (κ2) is 7.85. The first-order chi connectivity index (χ1) is 8.19. The fourth-order valence-corrected chi connectivity index (χ4v) is 2.29. The monoisotopic (exact) mass is 300 g/mol. The van der Waals surface area contributed by atoms with E-state index in [1.807, 2.05) is 6.07 Å². The zero-order valence-electron chi connectivity index (χ0n) is 10.6. The minimum absolute atomic E-state index is 0.0833. The highest BCUT2D eigenvalue weighted by Gasteiger charge is 2.13. The molecule has 1 N–H and O–H groups in total. The van der Waals surface area contributed by atoms with E-state index in [-0.39, 0.29) is 12.5 Å². The molecule has 0 saturated carbocycles. The molecule has 17 heavy (non-hydrogen) atoms. The summed E-state index contributed by atoms with van der Waals surface area (Å²) in [7, 11) is 0. The summed E-state index contributed by atoms with van der Waals surface area (Å²) in [5, 5.41) is 9.44. The maximum absolute atomic E-state index is 9.44. The van der Waals surface area contributed by atoms with Gasteiger partial charge in [-0.3, -0.25) is 0 Å². The van der Waals surface area contributed by atoms with Crippen LogP contribution in [0.25, 0.3) is 0 Å². The molecule has 0 fully saturated rings. The lowest BCUT2D eigenvalue weighted by atomic mass is 9.96. The summed E-state index contributed by atoms with van der Waals surface area (Å²) >= 11 is 3.45. The van der Waals surface area contributed by atoms with Gasteiger partial charge in [0, 0.05) is 17.0 Å². The third kappa shape index (κ3) is 4.78. The summed E-state index contributed by atoms with van der Waals surface area (Å²) < 4.78 is 6.67. The Morgan fingerprint density at radius 1 is 1.41 bits per heavy atom. The number of rotatable bonds is 7. The van der Waals surface area contributed by atoms with E-state index >= 15 is 0 Å². The predicted octanol–water partition coefficient (Wildman–Crippen LogP) is 3.65. The van der Waals surface area contributed by atoms with Crippen LogP contribution < -0.4 is 0 Å². The van der Waals surface area contributed by atoms with Crippen molar-refractivity contribution < 1.29 is 9.84 Å². The van der Waals surface area contributed by atoms with E-state index in [4.69, 9.17) is 4.74 Å². The highest BCUT2D eigenvalue weighted by molar-refractivity contribution is 9.10. The Morgan fingerprint density at radius 3 is 2.76 bits per heavy atom. The van der Waals surface area contributed by atoms with E-state index in [0.717, 1.165) is 23.9 Å². The van der Waals surface area contributed by atoms with Crippen LogP contribution >= 0.6 is 15.9 Å². The number of aliphatic hydroxyl groups is 1. The average molecular weight is 301 g/mol. The normalized spacial score (nSPS) is 12.7. The fraction of sp³-hybridized carbons (Fsp3) is 0.571. The van der Waals surface area contributed by atoms with E-state index in [9.17, 15) is 5.11 Å². The van der Waals surface area contributed by atoms with Gasteiger partial charge in [0.25, 0.3) is 0 Å². The third-order valence-corrected chi connectivity index (χ3v) is 3.35. The van der Waals surface area contributed by atoms with Gasteiger partial charge in [-0.1, -0.05) is 35.3 Å². The van der Waals surface area contributed by atoms with Gasteiger partial charge in [0.1, 0.15) is 0 Å². The summed E-state index contributed by atoms with van der Waals surface area (Å²) in [5.74, 6) is 0.0833. The van der Waals surface area contributed by atoms with Gasteiger partial charge in [0.2, 0.25) is 0 Å². The van der Waals surface area contributed by atoms with Crippen LogP contribution in [-0.2, 0) is 4.74 Å². The maximum Gasteiger partial charge on any atom is 0.0556 e. The van der Waals surface area contributed by atoms with Gasteiger partial charge in [0.15, 0.2) is 0 Å². The molecule has 0 amide bonds. The van der Waals surface area contributed by atoms with Crippen molar-refractivity contribution in [3.05, 3.63) is 33.8 Å². The highest BCUT2D eigenvalue weighted by atomic mass is 79.9. The van der Waals surface area contributed by atoms with Gasteiger partial charge in [-0.15, -0.1) is 0 Å². The predicted molar refractivity (Wildman–Crippen MR) is 74.4 cm³/mol. The highest BCUT2D eigenvalue weighted by Crippen LogP contribution is 2.23. The smallest absolute Gasteiger partial charge is 0.0556 e. The Morgan fingerprint density at radius 2 is 2.18 bits per heavy atom. The molecule has 0 aliphatic heterocycles. The Balaban J connectivity index is 2.59. The van der Waals surface area contributed by atoms with Crippen molar-refractivity contribution in [2.75, 3.05) is 19.8 Å². The van der Waals surface area contributed by atoms with Gasteiger partial charge in [0.05, 0.1) is 13.2 Å². The molecule has 0 aliphatic rings. The minimum Gasteiger partial charge on any atom is -0.396 e. The first-order valence-electron chi connectivity index (χ1n) is 6.13. The summed E-state index contributed by atoms with van der Waals surface area (Å²) in [6.45, 7) is 5.72. The van der Waals surface area contributed by atoms with Crippen molar-refractivity contribution in [3.8, 4) is 0 Å². The SMILES string of the molecule is CCCCOC[C@@H](CO)c1ccc(Br)cc1C. The Labute approximate surface area is 112 Å². The Hall–Kier alpha value is -0.380. The zero-order chi connectivity index (χ0) is 12.7. The molecule has 0 saturated heterocycles. The third-order valence-electron chi connectivity index (χ3n) is 2.85. The summed E-state index contributed by atoms with van der Waals surface area (Å²) in [5.41, 5.74) is 2.37. The first-order valence-corrected chi connectivity index (χ1v) is 6.93. The van der Waals surface area contributed by atoms with E-state index in [0.29, 0.717) is 6.61 Å². The number of hydrogen-bond acceptors (Lipinski definition) is 2. The molecule has 3 heteroatoms. The molecular weight excluding hydrogens is 280 g/mol. The first kappa shape index (κ1) is 14.7. The molecular formula is C14H21BrO2. The van der Waals surface area contributed by atoms with Crippen molar-refractivity contribution in [2.45, 2.75) is 32.6 Å². The molecule has 0 unspecified atom stereocenters. The van der Waals surface area contributed by atoms with Crippen molar-refractivity contribution >= 4 is 15.9 Å². The largest absolute Gasteiger partial charge is 0.396 e. The molecule has 0 bridgehead atoms. The number of unbranched alkanes of at least 4 members (excludes halogenated alkanes) is 1. The lowest BCUT2D eigenvalue weighted by molar-refractivity contribution is 0.0972. The molecule has 2 nitrogen and oxygen atoms in total. The van der Waals surface area contributed by atoms with Gasteiger partial charge in [-0.05, 0) is 36.6 Å². The minimum atomic E-state index is 0.0833. The molecule has 1 aromatic rings. The fourth-order valence-electron chi connectivity index (χ4n) is 1.81. The van der Waals surface area contributed by atoms with E-state index in [2.05, 4.69) is 41.9 Å². The molecule has 1 aromatic carbocycles. The lowest BCUT2D eigenvalue weighted by Gasteiger charge is -2.17. The molecule has 0 aliphatic carbocycles. The average Bonchev–Trinajstić information content (AvgIpc) is 2.31. The van der Waals surface area contributed by atoms with Crippen LogP contribution in [0, 0.1) is 6.92 Å². The van der Waals surface area contributed by atoms with Crippen LogP contribution in [0.2, 0.25) is 0 Å². The standard InChI is InChI=1S/C14H21BrO2/c1-3-4-7-17-10-12(9-16)14-6-5-13(15)8-11(14)2/h5-6,8,12,16H,3-4,7,9-10H2,1-2H3/t12-/m1/s1. The van der Waals surface area contributed by atoms with Crippen molar-refractivity contribution in [1.82, 2.24) is 0 Å².